The third kappa shape index (κ3) is 4.18. The average Bonchev–Trinajstić information content (AvgIpc) is 2.86. The molecule has 2 rings (SSSR count). The normalized spacial score (nSPS) is 46.8. The molecule has 2 heterocycles. The summed E-state index contributed by atoms with van der Waals surface area (Å²) in [5, 5.41) is 69.0. The first kappa shape index (κ1) is 21.9. The SMILES string of the molecule is CC(C)OC[C@H]1O[C@H](O[C@]2(CO)O[C@H](CO)[C@@H](O)[C@@H]2O)[C@H](O)[C@@H](O)[C@@H]1O. The summed E-state index contributed by atoms with van der Waals surface area (Å²) in [6.07, 6.45) is -12.2. The lowest BCUT2D eigenvalue weighted by molar-refractivity contribution is -0.384. The molecule has 0 bridgehead atoms. The van der Waals surface area contributed by atoms with E-state index in [1.54, 1.807) is 13.8 Å². The zero-order valence-electron chi connectivity index (χ0n) is 14.6. The lowest BCUT2D eigenvalue weighted by atomic mass is 9.99. The van der Waals surface area contributed by atoms with Gasteiger partial charge >= 0.3 is 0 Å². The Hall–Kier alpha value is -0.440. The highest BCUT2D eigenvalue weighted by molar-refractivity contribution is 4.98. The van der Waals surface area contributed by atoms with Crippen LogP contribution in [0.25, 0.3) is 0 Å². The van der Waals surface area contributed by atoms with Crippen molar-refractivity contribution in [3.63, 3.8) is 0 Å². The van der Waals surface area contributed by atoms with Crippen LogP contribution in [0.15, 0.2) is 0 Å². The van der Waals surface area contributed by atoms with Gasteiger partial charge in [-0.05, 0) is 13.8 Å². The fourth-order valence-corrected chi connectivity index (χ4v) is 2.91. The van der Waals surface area contributed by atoms with Crippen LogP contribution in [0.3, 0.4) is 0 Å². The molecule has 0 amide bonds. The van der Waals surface area contributed by atoms with E-state index in [0.29, 0.717) is 0 Å². The number of ether oxygens (including phenoxy) is 4. The largest absolute Gasteiger partial charge is 0.394 e. The van der Waals surface area contributed by atoms with Gasteiger partial charge in [-0.25, -0.2) is 0 Å². The number of aliphatic hydroxyl groups is 7. The van der Waals surface area contributed by atoms with Crippen molar-refractivity contribution >= 4 is 0 Å². The zero-order chi connectivity index (χ0) is 19.6. The topological polar surface area (TPSA) is 179 Å². The second kappa shape index (κ2) is 8.71. The minimum atomic E-state index is -2.19. The molecule has 0 saturated carbocycles. The smallest absolute Gasteiger partial charge is 0.224 e. The second-order valence-corrected chi connectivity index (χ2v) is 6.76. The van der Waals surface area contributed by atoms with E-state index in [-0.39, 0.29) is 12.7 Å². The number of aliphatic hydroxyl groups excluding tert-OH is 7. The van der Waals surface area contributed by atoms with Crippen LogP contribution >= 0.6 is 0 Å². The molecular formula is C15H28O11. The Labute approximate surface area is 150 Å². The summed E-state index contributed by atoms with van der Waals surface area (Å²) in [4.78, 5) is 0. The van der Waals surface area contributed by atoms with Crippen molar-refractivity contribution < 1.29 is 54.7 Å². The zero-order valence-corrected chi connectivity index (χ0v) is 14.6. The first-order valence-electron chi connectivity index (χ1n) is 8.41. The maximum Gasteiger partial charge on any atom is 0.224 e. The highest BCUT2D eigenvalue weighted by atomic mass is 16.8. The maximum absolute atomic E-state index is 10.1. The maximum atomic E-state index is 10.1. The molecule has 0 aliphatic carbocycles. The first-order chi connectivity index (χ1) is 12.2. The third-order valence-corrected chi connectivity index (χ3v) is 4.48. The summed E-state index contributed by atoms with van der Waals surface area (Å²) >= 11 is 0. The molecule has 0 aromatic rings. The fourth-order valence-electron chi connectivity index (χ4n) is 2.91. The van der Waals surface area contributed by atoms with Crippen molar-refractivity contribution in [2.24, 2.45) is 0 Å². The summed E-state index contributed by atoms with van der Waals surface area (Å²) in [6, 6.07) is 0. The molecule has 0 spiro atoms. The van der Waals surface area contributed by atoms with E-state index in [4.69, 9.17) is 18.9 Å². The van der Waals surface area contributed by atoms with Gasteiger partial charge in [0, 0.05) is 0 Å². The van der Waals surface area contributed by atoms with E-state index in [2.05, 4.69) is 0 Å². The van der Waals surface area contributed by atoms with Crippen LogP contribution in [-0.4, -0.2) is 116 Å². The minimum Gasteiger partial charge on any atom is -0.394 e. The molecule has 26 heavy (non-hydrogen) atoms. The Morgan fingerprint density at radius 1 is 0.923 bits per heavy atom. The van der Waals surface area contributed by atoms with Gasteiger partial charge in [-0.3, -0.25) is 0 Å². The highest BCUT2D eigenvalue weighted by Gasteiger charge is 2.58. The second-order valence-electron chi connectivity index (χ2n) is 6.76. The van der Waals surface area contributed by atoms with Crippen LogP contribution in [0.2, 0.25) is 0 Å². The predicted octanol–water partition coefficient (Wildman–Crippen LogP) is -3.96. The molecule has 2 fully saturated rings. The molecule has 0 unspecified atom stereocenters. The van der Waals surface area contributed by atoms with Gasteiger partial charge < -0.3 is 54.7 Å². The van der Waals surface area contributed by atoms with Gasteiger partial charge in [-0.2, -0.15) is 0 Å². The van der Waals surface area contributed by atoms with Crippen LogP contribution in [-0.2, 0) is 18.9 Å². The Balaban J connectivity index is 2.14. The molecule has 2 aliphatic rings. The van der Waals surface area contributed by atoms with E-state index >= 15 is 0 Å². The average molecular weight is 384 g/mol. The quantitative estimate of drug-likeness (QED) is 0.228. The van der Waals surface area contributed by atoms with E-state index in [1.165, 1.54) is 0 Å². The first-order valence-corrected chi connectivity index (χ1v) is 8.41. The lowest BCUT2D eigenvalue weighted by Gasteiger charge is -2.43. The monoisotopic (exact) mass is 384 g/mol. The molecule has 7 N–H and O–H groups in total. The van der Waals surface area contributed by atoms with Crippen molar-refractivity contribution in [1.82, 2.24) is 0 Å². The predicted molar refractivity (Wildman–Crippen MR) is 82.6 cm³/mol. The van der Waals surface area contributed by atoms with E-state index in [0.717, 1.165) is 0 Å². The van der Waals surface area contributed by atoms with Crippen molar-refractivity contribution in [1.29, 1.82) is 0 Å². The highest BCUT2D eigenvalue weighted by Crippen LogP contribution is 2.36. The van der Waals surface area contributed by atoms with Gasteiger partial charge in [0.15, 0.2) is 6.29 Å². The van der Waals surface area contributed by atoms with Crippen LogP contribution in [0.4, 0.5) is 0 Å². The van der Waals surface area contributed by atoms with Gasteiger partial charge in [0.2, 0.25) is 5.79 Å². The van der Waals surface area contributed by atoms with E-state index in [9.17, 15) is 35.7 Å². The van der Waals surface area contributed by atoms with Crippen LogP contribution in [0, 0.1) is 0 Å². The minimum absolute atomic E-state index is 0.111. The lowest BCUT2D eigenvalue weighted by Crippen LogP contribution is -2.62. The Morgan fingerprint density at radius 3 is 2.08 bits per heavy atom. The van der Waals surface area contributed by atoms with Gasteiger partial charge in [0.1, 0.15) is 49.3 Å². The number of hydrogen-bond acceptors (Lipinski definition) is 11. The van der Waals surface area contributed by atoms with Gasteiger partial charge in [-0.15, -0.1) is 0 Å². The molecule has 154 valence electrons. The standard InChI is InChI=1S/C15H28O11/c1-6(2)23-4-8-9(18)11(20)12(21)14(24-8)26-15(5-17)13(22)10(19)7(3-16)25-15/h6-14,16-22H,3-5H2,1-2H3/t7-,8-,9-,10-,11+,12-,13+,14-,15+/m1/s1. The molecule has 11 heteroatoms. The van der Waals surface area contributed by atoms with Crippen LogP contribution in [0.1, 0.15) is 13.8 Å². The summed E-state index contributed by atoms with van der Waals surface area (Å²) in [7, 11) is 0. The van der Waals surface area contributed by atoms with Crippen molar-refractivity contribution in [2.45, 2.75) is 74.8 Å². The molecule has 9 atom stereocenters. The summed E-state index contributed by atoms with van der Waals surface area (Å²) in [5.41, 5.74) is 0. The molecular weight excluding hydrogens is 356 g/mol. The van der Waals surface area contributed by atoms with Crippen molar-refractivity contribution in [3.05, 3.63) is 0 Å². The molecule has 2 aliphatic heterocycles. The molecule has 0 aromatic carbocycles. The Morgan fingerprint density at radius 2 is 1.58 bits per heavy atom. The molecule has 0 radical (unpaired) electrons. The number of rotatable bonds is 7. The third-order valence-electron chi connectivity index (χ3n) is 4.48. The van der Waals surface area contributed by atoms with E-state index < -0.39 is 68.0 Å². The summed E-state index contributed by atoms with van der Waals surface area (Å²) in [5.74, 6) is -2.19. The van der Waals surface area contributed by atoms with Crippen LogP contribution in [0.5, 0.6) is 0 Å². The summed E-state index contributed by atoms with van der Waals surface area (Å²) in [6.45, 7) is 1.83. The molecule has 11 nitrogen and oxygen atoms in total. The number of hydrogen-bond donors (Lipinski definition) is 7. The van der Waals surface area contributed by atoms with Crippen LogP contribution < -0.4 is 0 Å². The Kier molecular flexibility index (Phi) is 7.32. The Bertz CT molecular complexity index is 449. The molecule has 2 saturated heterocycles. The van der Waals surface area contributed by atoms with Gasteiger partial charge in [0.05, 0.1) is 19.3 Å². The summed E-state index contributed by atoms with van der Waals surface area (Å²) < 4.78 is 21.4. The van der Waals surface area contributed by atoms with Crippen molar-refractivity contribution in [2.75, 3.05) is 19.8 Å². The fraction of sp³-hybridized carbons (Fsp3) is 1.00. The van der Waals surface area contributed by atoms with E-state index in [1.807, 2.05) is 0 Å². The van der Waals surface area contributed by atoms with Crippen molar-refractivity contribution in [3.8, 4) is 0 Å². The van der Waals surface area contributed by atoms with Gasteiger partial charge in [-0.1, -0.05) is 0 Å². The van der Waals surface area contributed by atoms with Gasteiger partial charge in [0.25, 0.3) is 0 Å². The molecule has 0 aromatic heterocycles.